The van der Waals surface area contributed by atoms with Gasteiger partial charge in [0.1, 0.15) is 30.6 Å². The Bertz CT molecular complexity index is 1100. The molecule has 1 aromatic carbocycles. The van der Waals surface area contributed by atoms with Crippen LogP contribution < -0.4 is 15.8 Å². The molecule has 0 atom stereocenters. The standard InChI is InChI=1S/C19H18N6O3/c1-4-7-21-19(26)25-12(2)8-13-9-14(5-6-16(13)25)28-18-15(10-24-27-3)17(20)22-11-23-18/h1,5-6,8-11H,7H2,2-3H3,(H,21,26)(H2,20,22,23). The van der Waals surface area contributed by atoms with Crippen LogP contribution in [0.3, 0.4) is 0 Å². The Morgan fingerprint density at radius 3 is 3.00 bits per heavy atom. The van der Waals surface area contributed by atoms with Crippen LogP contribution in [0.1, 0.15) is 11.3 Å². The van der Waals surface area contributed by atoms with Gasteiger partial charge in [-0.05, 0) is 31.2 Å². The maximum Gasteiger partial charge on any atom is 0.327 e. The van der Waals surface area contributed by atoms with Crippen molar-refractivity contribution in [3.8, 4) is 24.0 Å². The molecular formula is C19H18N6O3. The van der Waals surface area contributed by atoms with Gasteiger partial charge in [-0.3, -0.25) is 4.57 Å². The summed E-state index contributed by atoms with van der Waals surface area (Å²) in [7, 11) is 1.41. The number of oxime groups is 1. The van der Waals surface area contributed by atoms with Gasteiger partial charge in [0.2, 0.25) is 5.88 Å². The summed E-state index contributed by atoms with van der Waals surface area (Å²) in [5.41, 5.74) is 7.75. The normalized spacial score (nSPS) is 10.8. The molecule has 0 saturated carbocycles. The van der Waals surface area contributed by atoms with Crippen LogP contribution in [-0.2, 0) is 4.84 Å². The first-order chi connectivity index (χ1) is 13.5. The molecule has 0 saturated heterocycles. The molecule has 9 nitrogen and oxygen atoms in total. The number of ether oxygens (including phenoxy) is 1. The minimum absolute atomic E-state index is 0.153. The molecule has 3 aromatic rings. The number of nitrogen functional groups attached to an aromatic ring is 1. The number of hydrogen-bond acceptors (Lipinski definition) is 7. The van der Waals surface area contributed by atoms with Crippen molar-refractivity contribution in [3.63, 3.8) is 0 Å². The molecule has 0 radical (unpaired) electrons. The van der Waals surface area contributed by atoms with Crippen LogP contribution in [0, 0.1) is 19.3 Å². The fourth-order valence-corrected chi connectivity index (χ4v) is 2.68. The number of terminal acetylenes is 1. The molecule has 0 aliphatic rings. The molecule has 0 spiro atoms. The van der Waals surface area contributed by atoms with E-state index in [1.54, 1.807) is 22.8 Å². The SMILES string of the molecule is C#CCNC(=O)n1c(C)cc2cc(Oc3ncnc(N)c3C=NOC)ccc21. The minimum Gasteiger partial charge on any atom is -0.438 e. The van der Waals surface area contributed by atoms with Crippen LogP contribution >= 0.6 is 0 Å². The summed E-state index contributed by atoms with van der Waals surface area (Å²) in [4.78, 5) is 25.0. The topological polar surface area (TPSA) is 117 Å². The maximum absolute atomic E-state index is 12.3. The number of nitrogens with one attached hydrogen (secondary N) is 1. The van der Waals surface area contributed by atoms with Crippen molar-refractivity contribution in [1.82, 2.24) is 19.9 Å². The van der Waals surface area contributed by atoms with Crippen molar-refractivity contribution in [1.29, 1.82) is 0 Å². The van der Waals surface area contributed by atoms with Gasteiger partial charge in [-0.25, -0.2) is 14.8 Å². The maximum atomic E-state index is 12.3. The average Bonchev–Trinajstić information content (AvgIpc) is 3.00. The second-order valence-corrected chi connectivity index (χ2v) is 5.70. The van der Waals surface area contributed by atoms with E-state index in [0.717, 1.165) is 16.6 Å². The molecule has 9 heteroatoms. The van der Waals surface area contributed by atoms with Crippen molar-refractivity contribution in [2.45, 2.75) is 6.92 Å². The summed E-state index contributed by atoms with van der Waals surface area (Å²) >= 11 is 0. The summed E-state index contributed by atoms with van der Waals surface area (Å²) in [5, 5.41) is 7.16. The lowest BCUT2D eigenvalue weighted by Crippen LogP contribution is -2.29. The molecule has 2 aromatic heterocycles. The zero-order valence-corrected chi connectivity index (χ0v) is 15.3. The largest absolute Gasteiger partial charge is 0.438 e. The van der Waals surface area contributed by atoms with Crippen molar-refractivity contribution in [2.75, 3.05) is 19.4 Å². The number of aryl methyl sites for hydroxylation is 1. The highest BCUT2D eigenvalue weighted by molar-refractivity contribution is 5.93. The van der Waals surface area contributed by atoms with E-state index < -0.39 is 0 Å². The fourth-order valence-electron chi connectivity index (χ4n) is 2.68. The number of nitrogens with zero attached hydrogens (tertiary/aromatic N) is 4. The molecule has 0 aliphatic carbocycles. The van der Waals surface area contributed by atoms with Gasteiger partial charge < -0.3 is 20.6 Å². The molecule has 0 aliphatic heterocycles. The molecule has 3 rings (SSSR count). The van der Waals surface area contributed by atoms with Crippen LogP contribution in [0.5, 0.6) is 11.6 Å². The monoisotopic (exact) mass is 378 g/mol. The van der Waals surface area contributed by atoms with E-state index in [4.69, 9.17) is 16.9 Å². The molecule has 142 valence electrons. The van der Waals surface area contributed by atoms with Crippen molar-refractivity contribution < 1.29 is 14.4 Å². The van der Waals surface area contributed by atoms with Crippen molar-refractivity contribution in [2.24, 2.45) is 5.16 Å². The van der Waals surface area contributed by atoms with Crippen molar-refractivity contribution in [3.05, 3.63) is 41.9 Å². The molecule has 2 heterocycles. The van der Waals surface area contributed by atoms with Crippen LogP contribution in [-0.4, -0.2) is 40.4 Å². The smallest absolute Gasteiger partial charge is 0.327 e. The number of amides is 1. The Morgan fingerprint density at radius 1 is 1.43 bits per heavy atom. The van der Waals surface area contributed by atoms with Crippen LogP contribution in [0.25, 0.3) is 10.9 Å². The summed E-state index contributed by atoms with van der Waals surface area (Å²) in [6.07, 6.45) is 7.87. The Kier molecular flexibility index (Phi) is 5.41. The van der Waals surface area contributed by atoms with E-state index in [1.807, 2.05) is 13.0 Å². The predicted molar refractivity (Wildman–Crippen MR) is 105 cm³/mol. The van der Waals surface area contributed by atoms with Gasteiger partial charge in [-0.15, -0.1) is 6.42 Å². The van der Waals surface area contributed by atoms with E-state index in [9.17, 15) is 4.79 Å². The lowest BCUT2D eigenvalue weighted by atomic mass is 10.2. The van der Waals surface area contributed by atoms with Crippen LogP contribution in [0.4, 0.5) is 10.6 Å². The first-order valence-corrected chi connectivity index (χ1v) is 8.23. The highest BCUT2D eigenvalue weighted by atomic mass is 16.6. The number of aromatic nitrogens is 3. The fraction of sp³-hybridized carbons (Fsp3) is 0.158. The summed E-state index contributed by atoms with van der Waals surface area (Å²) in [5.74, 6) is 3.33. The molecule has 0 bridgehead atoms. The zero-order chi connectivity index (χ0) is 20.1. The molecule has 3 N–H and O–H groups in total. The van der Waals surface area contributed by atoms with E-state index in [0.29, 0.717) is 11.3 Å². The quantitative estimate of drug-likeness (QED) is 0.400. The van der Waals surface area contributed by atoms with E-state index in [-0.39, 0.29) is 24.3 Å². The van der Waals surface area contributed by atoms with Gasteiger partial charge >= 0.3 is 6.03 Å². The zero-order valence-electron chi connectivity index (χ0n) is 15.3. The van der Waals surface area contributed by atoms with Gasteiger partial charge in [-0.2, -0.15) is 0 Å². The third-order valence-corrected chi connectivity index (χ3v) is 3.88. The number of nitrogens with two attached hydrogens (primary N) is 1. The van der Waals surface area contributed by atoms with E-state index >= 15 is 0 Å². The highest BCUT2D eigenvalue weighted by Crippen LogP contribution is 2.29. The number of anilines is 1. The second-order valence-electron chi connectivity index (χ2n) is 5.70. The Balaban J connectivity index is 1.95. The lowest BCUT2D eigenvalue weighted by molar-refractivity contribution is 0.215. The molecule has 0 unspecified atom stereocenters. The lowest BCUT2D eigenvalue weighted by Gasteiger charge is -2.09. The second kappa shape index (κ2) is 8.09. The number of carbonyl (C=O) groups excluding carboxylic acids is 1. The van der Waals surface area contributed by atoms with Gasteiger partial charge in [0.05, 0.1) is 18.3 Å². The number of rotatable bonds is 5. The van der Waals surface area contributed by atoms with E-state index in [2.05, 4.69) is 31.2 Å². The molecule has 1 amide bonds. The van der Waals surface area contributed by atoms with Crippen LogP contribution in [0.15, 0.2) is 35.7 Å². The Labute approximate surface area is 161 Å². The van der Waals surface area contributed by atoms with Gasteiger partial charge in [0.15, 0.2) is 0 Å². The molecule has 0 fully saturated rings. The van der Waals surface area contributed by atoms with Crippen LogP contribution in [0.2, 0.25) is 0 Å². The Hall–Kier alpha value is -4.06. The van der Waals surface area contributed by atoms with Crippen molar-refractivity contribution >= 4 is 29.0 Å². The minimum atomic E-state index is -0.291. The molecular weight excluding hydrogens is 360 g/mol. The first kappa shape index (κ1) is 18.7. The number of fused-ring (bicyclic) bond motifs is 1. The van der Waals surface area contributed by atoms with E-state index in [1.165, 1.54) is 19.7 Å². The summed E-state index contributed by atoms with van der Waals surface area (Å²) in [6.45, 7) is 1.99. The predicted octanol–water partition coefficient (Wildman–Crippen LogP) is 2.29. The molecule has 28 heavy (non-hydrogen) atoms. The summed E-state index contributed by atoms with van der Waals surface area (Å²) < 4.78 is 7.41. The summed E-state index contributed by atoms with van der Waals surface area (Å²) in [6, 6.07) is 6.88. The average molecular weight is 378 g/mol. The highest BCUT2D eigenvalue weighted by Gasteiger charge is 2.14. The number of hydrogen-bond donors (Lipinski definition) is 2. The van der Waals surface area contributed by atoms with Gasteiger partial charge in [0, 0.05) is 11.1 Å². The third kappa shape index (κ3) is 3.71. The number of carbonyl (C=O) groups is 1. The number of benzene rings is 1. The van der Waals surface area contributed by atoms with Gasteiger partial charge in [-0.1, -0.05) is 11.1 Å². The van der Waals surface area contributed by atoms with Gasteiger partial charge in [0.25, 0.3) is 0 Å². The Morgan fingerprint density at radius 2 is 2.25 bits per heavy atom. The third-order valence-electron chi connectivity index (χ3n) is 3.88. The first-order valence-electron chi connectivity index (χ1n) is 8.23.